The smallest absolute Gasteiger partial charge is 0.326 e. The lowest BCUT2D eigenvalue weighted by molar-refractivity contribution is -0.142. The average molecular weight is 311 g/mol. The first kappa shape index (κ1) is 17.9. The van der Waals surface area contributed by atoms with Gasteiger partial charge in [0.25, 0.3) is 5.91 Å². The van der Waals surface area contributed by atoms with Crippen molar-refractivity contribution in [1.29, 1.82) is 0 Å². The Morgan fingerprint density at radius 3 is 2.36 bits per heavy atom. The van der Waals surface area contributed by atoms with E-state index in [1.165, 1.54) is 24.3 Å². The van der Waals surface area contributed by atoms with Gasteiger partial charge < -0.3 is 15.2 Å². The van der Waals surface area contributed by atoms with E-state index in [4.69, 9.17) is 9.84 Å². The molecule has 122 valence electrons. The van der Waals surface area contributed by atoms with Crippen molar-refractivity contribution < 1.29 is 23.8 Å². The Kier molecular flexibility index (Phi) is 6.34. The monoisotopic (exact) mass is 311 g/mol. The second-order valence-electron chi connectivity index (χ2n) is 6.30. The molecule has 1 atom stereocenters. The van der Waals surface area contributed by atoms with Crippen LogP contribution in [-0.2, 0) is 9.59 Å². The molecule has 0 spiro atoms. The molecule has 0 radical (unpaired) electrons. The molecule has 0 heterocycles. The molecule has 6 heteroatoms. The number of benzene rings is 1. The fraction of sp³-hybridized carbons (Fsp3) is 0.500. The summed E-state index contributed by atoms with van der Waals surface area (Å²) in [6, 6.07) is 4.30. The zero-order valence-electron chi connectivity index (χ0n) is 13.1. The molecule has 0 saturated carbocycles. The highest BCUT2D eigenvalue weighted by atomic mass is 19.1. The second-order valence-corrected chi connectivity index (χ2v) is 6.30. The van der Waals surface area contributed by atoms with Crippen molar-refractivity contribution >= 4 is 11.9 Å². The third-order valence-corrected chi connectivity index (χ3v) is 3.00. The van der Waals surface area contributed by atoms with E-state index in [0.717, 1.165) is 0 Å². The molecule has 1 rings (SSSR count). The summed E-state index contributed by atoms with van der Waals surface area (Å²) in [6.45, 7) is 5.70. The third-order valence-electron chi connectivity index (χ3n) is 3.00. The van der Waals surface area contributed by atoms with Crippen LogP contribution in [0.15, 0.2) is 24.3 Å². The SMILES string of the molecule is CC(C)(C)CCC(NC(=O)COc1ccc(F)cc1)C(=O)O. The van der Waals surface area contributed by atoms with Gasteiger partial charge in [-0.15, -0.1) is 0 Å². The van der Waals surface area contributed by atoms with Gasteiger partial charge in [0, 0.05) is 0 Å². The number of ether oxygens (including phenoxy) is 1. The van der Waals surface area contributed by atoms with Crippen LogP contribution < -0.4 is 10.1 Å². The van der Waals surface area contributed by atoms with Crippen LogP contribution in [0, 0.1) is 11.2 Å². The minimum atomic E-state index is -1.07. The standard InChI is InChI=1S/C16H22FNO4/c1-16(2,3)9-8-13(15(20)21)18-14(19)10-22-12-6-4-11(17)5-7-12/h4-7,13H,8-10H2,1-3H3,(H,18,19)(H,20,21). The van der Waals surface area contributed by atoms with Crippen LogP contribution in [0.5, 0.6) is 5.75 Å². The minimum Gasteiger partial charge on any atom is -0.484 e. The predicted octanol–water partition coefficient (Wildman–Crippen LogP) is 2.60. The Bertz CT molecular complexity index is 508. The zero-order chi connectivity index (χ0) is 16.8. The summed E-state index contributed by atoms with van der Waals surface area (Å²) in [4.78, 5) is 22.9. The molecule has 0 aliphatic heterocycles. The van der Waals surface area contributed by atoms with Gasteiger partial charge in [-0.3, -0.25) is 4.79 Å². The molecule has 0 fully saturated rings. The number of amides is 1. The lowest BCUT2D eigenvalue weighted by Gasteiger charge is -2.21. The summed E-state index contributed by atoms with van der Waals surface area (Å²) >= 11 is 0. The van der Waals surface area contributed by atoms with Crippen molar-refractivity contribution in [2.45, 2.75) is 39.7 Å². The Hall–Kier alpha value is -2.11. The molecule has 0 aliphatic rings. The molecular formula is C16H22FNO4. The highest BCUT2D eigenvalue weighted by Crippen LogP contribution is 2.21. The van der Waals surface area contributed by atoms with Gasteiger partial charge in [0.15, 0.2) is 6.61 Å². The fourth-order valence-corrected chi connectivity index (χ4v) is 1.75. The van der Waals surface area contributed by atoms with Gasteiger partial charge in [-0.05, 0) is 42.5 Å². The maximum Gasteiger partial charge on any atom is 0.326 e. The van der Waals surface area contributed by atoms with Gasteiger partial charge >= 0.3 is 5.97 Å². The molecule has 5 nitrogen and oxygen atoms in total. The number of carboxylic acids is 1. The van der Waals surface area contributed by atoms with Crippen LogP contribution in [0.3, 0.4) is 0 Å². The Morgan fingerprint density at radius 1 is 1.27 bits per heavy atom. The molecule has 0 aliphatic carbocycles. The molecule has 1 unspecified atom stereocenters. The quantitative estimate of drug-likeness (QED) is 0.811. The van der Waals surface area contributed by atoms with Crippen molar-refractivity contribution in [3.05, 3.63) is 30.1 Å². The second kappa shape index (κ2) is 7.77. The lowest BCUT2D eigenvalue weighted by atomic mass is 9.88. The molecule has 0 aromatic heterocycles. The van der Waals surface area contributed by atoms with Gasteiger partial charge in [-0.2, -0.15) is 0 Å². The van der Waals surface area contributed by atoms with E-state index < -0.39 is 23.7 Å². The molecular weight excluding hydrogens is 289 g/mol. The number of hydrogen-bond acceptors (Lipinski definition) is 3. The Labute approximate surface area is 129 Å². The predicted molar refractivity (Wildman–Crippen MR) is 80.2 cm³/mol. The van der Waals surface area contributed by atoms with Crippen molar-refractivity contribution in [2.75, 3.05) is 6.61 Å². The van der Waals surface area contributed by atoms with Crippen molar-refractivity contribution in [2.24, 2.45) is 5.41 Å². The largest absolute Gasteiger partial charge is 0.484 e. The summed E-state index contributed by atoms with van der Waals surface area (Å²) < 4.78 is 17.9. The van der Waals surface area contributed by atoms with Gasteiger partial charge in [0.2, 0.25) is 0 Å². The highest BCUT2D eigenvalue weighted by molar-refractivity contribution is 5.84. The van der Waals surface area contributed by atoms with Crippen LogP contribution in [0.25, 0.3) is 0 Å². The summed E-state index contributed by atoms with van der Waals surface area (Å²) in [7, 11) is 0. The summed E-state index contributed by atoms with van der Waals surface area (Å²) in [5.74, 6) is -1.65. The Balaban J connectivity index is 2.46. The van der Waals surface area contributed by atoms with Crippen molar-refractivity contribution in [3.8, 4) is 5.75 Å². The van der Waals surface area contributed by atoms with Gasteiger partial charge in [0.05, 0.1) is 0 Å². The average Bonchev–Trinajstić information content (AvgIpc) is 2.41. The molecule has 0 bridgehead atoms. The fourth-order valence-electron chi connectivity index (χ4n) is 1.75. The van der Waals surface area contributed by atoms with E-state index in [9.17, 15) is 14.0 Å². The van der Waals surface area contributed by atoms with Crippen LogP contribution in [0.4, 0.5) is 4.39 Å². The van der Waals surface area contributed by atoms with E-state index in [1.807, 2.05) is 20.8 Å². The maximum absolute atomic E-state index is 12.7. The number of carbonyl (C=O) groups excluding carboxylic acids is 1. The van der Waals surface area contributed by atoms with Crippen LogP contribution in [-0.4, -0.2) is 29.6 Å². The summed E-state index contributed by atoms with van der Waals surface area (Å²) in [5.41, 5.74) is -0.0109. The molecule has 22 heavy (non-hydrogen) atoms. The van der Waals surface area contributed by atoms with E-state index in [0.29, 0.717) is 18.6 Å². The third kappa shape index (κ3) is 7.06. The van der Waals surface area contributed by atoms with E-state index >= 15 is 0 Å². The minimum absolute atomic E-state index is 0.0109. The first-order chi connectivity index (χ1) is 10.2. The number of nitrogens with one attached hydrogen (secondary N) is 1. The lowest BCUT2D eigenvalue weighted by Crippen LogP contribution is -2.43. The van der Waals surface area contributed by atoms with E-state index in [-0.39, 0.29) is 12.0 Å². The maximum atomic E-state index is 12.7. The molecule has 0 saturated heterocycles. The van der Waals surface area contributed by atoms with E-state index in [1.54, 1.807) is 0 Å². The van der Waals surface area contributed by atoms with Gasteiger partial charge in [-0.25, -0.2) is 9.18 Å². The zero-order valence-corrected chi connectivity index (χ0v) is 13.1. The number of carbonyl (C=O) groups is 2. The first-order valence-electron chi connectivity index (χ1n) is 7.08. The molecule has 2 N–H and O–H groups in total. The van der Waals surface area contributed by atoms with Gasteiger partial charge in [0.1, 0.15) is 17.6 Å². The highest BCUT2D eigenvalue weighted by Gasteiger charge is 2.22. The summed E-state index contributed by atoms with van der Waals surface area (Å²) in [6.07, 6.45) is 1.02. The van der Waals surface area contributed by atoms with Gasteiger partial charge in [-0.1, -0.05) is 20.8 Å². The van der Waals surface area contributed by atoms with Crippen molar-refractivity contribution in [3.63, 3.8) is 0 Å². The molecule has 1 aromatic carbocycles. The normalized spacial score (nSPS) is 12.5. The van der Waals surface area contributed by atoms with E-state index in [2.05, 4.69) is 5.32 Å². The number of carboxylic acid groups (broad SMARTS) is 1. The Morgan fingerprint density at radius 2 is 1.86 bits per heavy atom. The number of hydrogen-bond donors (Lipinski definition) is 2. The number of halogens is 1. The topological polar surface area (TPSA) is 75.6 Å². The molecule has 1 amide bonds. The number of aliphatic carboxylic acids is 1. The number of rotatable bonds is 7. The van der Waals surface area contributed by atoms with Crippen LogP contribution in [0.2, 0.25) is 0 Å². The first-order valence-corrected chi connectivity index (χ1v) is 7.08. The van der Waals surface area contributed by atoms with Crippen LogP contribution in [0.1, 0.15) is 33.6 Å². The van der Waals surface area contributed by atoms with Crippen LogP contribution >= 0.6 is 0 Å². The summed E-state index contributed by atoms with van der Waals surface area (Å²) in [5, 5.41) is 11.6. The van der Waals surface area contributed by atoms with Crippen molar-refractivity contribution in [1.82, 2.24) is 5.32 Å². The molecule has 1 aromatic rings.